The van der Waals surface area contributed by atoms with Gasteiger partial charge in [0.2, 0.25) is 5.91 Å². The van der Waals surface area contributed by atoms with Gasteiger partial charge in [0.1, 0.15) is 5.52 Å². The van der Waals surface area contributed by atoms with Crippen LogP contribution in [0.1, 0.15) is 39.0 Å². The van der Waals surface area contributed by atoms with Crippen molar-refractivity contribution < 1.29 is 14.3 Å². The van der Waals surface area contributed by atoms with E-state index in [2.05, 4.69) is 9.88 Å². The normalized spacial score (nSPS) is 25.0. The number of carbonyl (C=O) groups excluding carboxylic acids is 1. The molecule has 4 rings (SSSR count). The second-order valence-corrected chi connectivity index (χ2v) is 8.48. The van der Waals surface area contributed by atoms with E-state index < -0.39 is 5.60 Å². The van der Waals surface area contributed by atoms with Gasteiger partial charge < -0.3 is 19.3 Å². The van der Waals surface area contributed by atoms with Crippen molar-refractivity contribution in [2.24, 2.45) is 5.92 Å². The zero-order valence-corrected chi connectivity index (χ0v) is 16.4. The van der Waals surface area contributed by atoms with Gasteiger partial charge in [-0.3, -0.25) is 4.79 Å². The molecule has 0 saturated carbocycles. The Bertz CT molecular complexity index is 827. The molecule has 2 fully saturated rings. The van der Waals surface area contributed by atoms with Gasteiger partial charge in [-0.1, -0.05) is 11.6 Å². The summed E-state index contributed by atoms with van der Waals surface area (Å²) in [5.74, 6) is 0.278. The highest BCUT2D eigenvalue weighted by atomic mass is 35.5. The summed E-state index contributed by atoms with van der Waals surface area (Å²) in [6, 6.07) is 6.04. The summed E-state index contributed by atoms with van der Waals surface area (Å²) >= 11 is 6.01. The summed E-state index contributed by atoms with van der Waals surface area (Å²) < 4.78 is 5.85. The summed E-state index contributed by atoms with van der Waals surface area (Å²) in [7, 11) is 0. The summed E-state index contributed by atoms with van der Waals surface area (Å²) in [6.45, 7) is 4.77. The Labute approximate surface area is 164 Å². The fourth-order valence-electron chi connectivity index (χ4n) is 4.08. The van der Waals surface area contributed by atoms with Crippen LogP contribution in [0.4, 0.5) is 6.01 Å². The number of likely N-dealkylation sites (tertiary alicyclic amines) is 1. The number of aliphatic hydroxyl groups is 1. The van der Waals surface area contributed by atoms with E-state index >= 15 is 0 Å². The smallest absolute Gasteiger partial charge is 0.298 e. The molecule has 27 heavy (non-hydrogen) atoms. The molecule has 0 aliphatic carbocycles. The summed E-state index contributed by atoms with van der Waals surface area (Å²) in [4.78, 5) is 21.5. The Kier molecular flexibility index (Phi) is 5.03. The molecule has 1 atom stereocenters. The first-order chi connectivity index (χ1) is 12.9. The molecule has 7 heteroatoms. The second kappa shape index (κ2) is 7.32. The number of hydrogen-bond acceptors (Lipinski definition) is 5. The SMILES string of the molecule is CC1(O)CCCN(C(=O)C2CCN(c3nc4ccc(Cl)cc4o3)CC2)CC1. The van der Waals surface area contributed by atoms with Gasteiger partial charge in [-0.15, -0.1) is 0 Å². The Morgan fingerprint density at radius 1 is 1.26 bits per heavy atom. The highest BCUT2D eigenvalue weighted by molar-refractivity contribution is 6.31. The lowest BCUT2D eigenvalue weighted by Gasteiger charge is -2.33. The molecular formula is C20H26ClN3O3. The van der Waals surface area contributed by atoms with E-state index in [1.807, 2.05) is 17.9 Å². The number of piperidine rings is 1. The van der Waals surface area contributed by atoms with Crippen LogP contribution >= 0.6 is 11.6 Å². The maximum atomic E-state index is 12.9. The molecule has 0 radical (unpaired) electrons. The van der Waals surface area contributed by atoms with Gasteiger partial charge in [0.25, 0.3) is 6.01 Å². The third-order valence-corrected chi connectivity index (χ3v) is 6.06. The zero-order valence-electron chi connectivity index (χ0n) is 15.7. The average molecular weight is 392 g/mol. The number of rotatable bonds is 2. The number of fused-ring (bicyclic) bond motifs is 1. The molecule has 1 N–H and O–H groups in total. The second-order valence-electron chi connectivity index (χ2n) is 8.05. The summed E-state index contributed by atoms with van der Waals surface area (Å²) in [5.41, 5.74) is 0.838. The number of halogens is 1. The monoisotopic (exact) mass is 391 g/mol. The molecule has 0 spiro atoms. The van der Waals surface area contributed by atoms with Crippen molar-refractivity contribution >= 4 is 34.6 Å². The maximum Gasteiger partial charge on any atom is 0.298 e. The number of hydrogen-bond donors (Lipinski definition) is 1. The number of carbonyl (C=O) groups is 1. The van der Waals surface area contributed by atoms with E-state index in [1.165, 1.54) is 0 Å². The van der Waals surface area contributed by atoms with Crippen molar-refractivity contribution in [2.45, 2.75) is 44.6 Å². The first-order valence-electron chi connectivity index (χ1n) is 9.73. The lowest BCUT2D eigenvalue weighted by Crippen LogP contribution is -2.43. The van der Waals surface area contributed by atoms with Crippen molar-refractivity contribution in [1.29, 1.82) is 0 Å². The zero-order chi connectivity index (χ0) is 19.0. The van der Waals surface area contributed by atoms with Crippen LogP contribution in [0.3, 0.4) is 0 Å². The van der Waals surface area contributed by atoms with Gasteiger partial charge in [-0.25, -0.2) is 0 Å². The van der Waals surface area contributed by atoms with Crippen LogP contribution in [0.25, 0.3) is 11.1 Å². The van der Waals surface area contributed by atoms with Crippen LogP contribution < -0.4 is 4.90 Å². The van der Waals surface area contributed by atoms with Gasteiger partial charge in [0, 0.05) is 43.2 Å². The molecule has 2 aliphatic heterocycles. The minimum absolute atomic E-state index is 0.0446. The molecular weight excluding hydrogens is 366 g/mol. The lowest BCUT2D eigenvalue weighted by molar-refractivity contribution is -0.136. The Morgan fingerprint density at radius 3 is 2.81 bits per heavy atom. The van der Waals surface area contributed by atoms with Crippen LogP contribution in [0.2, 0.25) is 5.02 Å². The molecule has 3 heterocycles. The number of amides is 1. The van der Waals surface area contributed by atoms with Gasteiger partial charge in [0.05, 0.1) is 5.60 Å². The van der Waals surface area contributed by atoms with E-state index in [1.54, 1.807) is 12.1 Å². The molecule has 1 aromatic carbocycles. The first kappa shape index (κ1) is 18.6. The van der Waals surface area contributed by atoms with Crippen LogP contribution in [-0.2, 0) is 4.79 Å². The van der Waals surface area contributed by atoms with E-state index in [0.717, 1.165) is 50.8 Å². The van der Waals surface area contributed by atoms with Crippen molar-refractivity contribution in [3.63, 3.8) is 0 Å². The Morgan fingerprint density at radius 2 is 2.04 bits per heavy atom. The van der Waals surface area contributed by atoms with E-state index in [0.29, 0.717) is 29.6 Å². The van der Waals surface area contributed by atoms with Gasteiger partial charge in [-0.05, 0) is 51.2 Å². The molecule has 1 amide bonds. The number of anilines is 1. The lowest BCUT2D eigenvalue weighted by atomic mass is 9.95. The topological polar surface area (TPSA) is 69.8 Å². The number of benzene rings is 1. The third kappa shape index (κ3) is 4.06. The van der Waals surface area contributed by atoms with E-state index in [9.17, 15) is 9.90 Å². The number of nitrogens with zero attached hydrogens (tertiary/aromatic N) is 3. The summed E-state index contributed by atoms with van der Waals surface area (Å²) in [5, 5.41) is 10.9. The standard InChI is InChI=1S/C20H26ClN3O3/c1-20(26)7-2-9-23(12-8-20)18(25)14-5-10-24(11-6-14)19-22-16-4-3-15(21)13-17(16)27-19/h3-4,13-14,26H,2,5-12H2,1H3. The Balaban J connectivity index is 1.37. The largest absolute Gasteiger partial charge is 0.423 e. The molecule has 2 aliphatic rings. The molecule has 0 bridgehead atoms. The number of oxazole rings is 1. The molecule has 1 unspecified atom stereocenters. The maximum absolute atomic E-state index is 12.9. The van der Waals surface area contributed by atoms with Crippen molar-refractivity contribution in [3.8, 4) is 0 Å². The van der Waals surface area contributed by atoms with Crippen LogP contribution in [-0.4, -0.2) is 52.7 Å². The molecule has 2 saturated heterocycles. The predicted molar refractivity (Wildman–Crippen MR) is 105 cm³/mol. The van der Waals surface area contributed by atoms with Crippen molar-refractivity contribution in [1.82, 2.24) is 9.88 Å². The van der Waals surface area contributed by atoms with E-state index in [-0.39, 0.29) is 11.8 Å². The third-order valence-electron chi connectivity index (χ3n) is 5.83. The van der Waals surface area contributed by atoms with Gasteiger partial charge in [0.15, 0.2) is 5.58 Å². The highest BCUT2D eigenvalue weighted by Crippen LogP contribution is 2.29. The average Bonchev–Trinajstić information content (AvgIpc) is 2.98. The predicted octanol–water partition coefficient (Wildman–Crippen LogP) is 3.46. The minimum Gasteiger partial charge on any atom is -0.423 e. The molecule has 146 valence electrons. The van der Waals surface area contributed by atoms with Crippen molar-refractivity contribution in [3.05, 3.63) is 23.2 Å². The molecule has 6 nitrogen and oxygen atoms in total. The van der Waals surface area contributed by atoms with Crippen molar-refractivity contribution in [2.75, 3.05) is 31.1 Å². The fraction of sp³-hybridized carbons (Fsp3) is 0.600. The number of aromatic nitrogens is 1. The quantitative estimate of drug-likeness (QED) is 0.848. The Hall–Kier alpha value is -1.79. The fourth-order valence-corrected chi connectivity index (χ4v) is 4.24. The van der Waals surface area contributed by atoms with E-state index in [4.69, 9.17) is 16.0 Å². The first-order valence-corrected chi connectivity index (χ1v) is 10.1. The highest BCUT2D eigenvalue weighted by Gasteiger charge is 2.33. The minimum atomic E-state index is -0.645. The molecule has 1 aromatic heterocycles. The van der Waals surface area contributed by atoms with Crippen LogP contribution in [0, 0.1) is 5.92 Å². The molecule has 2 aromatic rings. The summed E-state index contributed by atoms with van der Waals surface area (Å²) in [6.07, 6.45) is 3.87. The van der Waals surface area contributed by atoms with Gasteiger partial charge in [-0.2, -0.15) is 4.98 Å². The van der Waals surface area contributed by atoms with Crippen LogP contribution in [0.15, 0.2) is 22.6 Å². The van der Waals surface area contributed by atoms with Gasteiger partial charge >= 0.3 is 0 Å². The van der Waals surface area contributed by atoms with Crippen LogP contribution in [0.5, 0.6) is 0 Å².